The Hall–Kier alpha value is -7.90. The van der Waals surface area contributed by atoms with E-state index in [0.717, 1.165) is 70.3 Å². The van der Waals surface area contributed by atoms with Crippen molar-refractivity contribution in [2.24, 2.45) is 0 Å². The summed E-state index contributed by atoms with van der Waals surface area (Å²) in [6.07, 6.45) is 4.22. The lowest BCUT2D eigenvalue weighted by Crippen LogP contribution is -2.12. The minimum Gasteiger partial charge on any atom is -0.399 e. The van der Waals surface area contributed by atoms with Gasteiger partial charge in [-0.25, -0.2) is 4.98 Å². The van der Waals surface area contributed by atoms with Crippen molar-refractivity contribution in [2.45, 2.75) is 164 Å². The first-order chi connectivity index (χ1) is 42.7. The van der Waals surface area contributed by atoms with Crippen LogP contribution in [0.4, 0.5) is 11.4 Å². The highest BCUT2D eigenvalue weighted by Crippen LogP contribution is 2.23. The van der Waals surface area contributed by atoms with Crippen molar-refractivity contribution in [1.82, 2.24) is 9.97 Å². The van der Waals surface area contributed by atoms with E-state index in [4.69, 9.17) is 28.9 Å². The summed E-state index contributed by atoms with van der Waals surface area (Å²) in [5, 5.41) is 5.55. The molecule has 0 saturated carbocycles. The summed E-state index contributed by atoms with van der Waals surface area (Å²) in [6.45, 7) is 34.1. The lowest BCUT2D eigenvalue weighted by atomic mass is 10.0. The Morgan fingerprint density at radius 3 is 1.08 bits per heavy atom. The molecule has 476 valence electrons. The number of para-hydroxylation sites is 4. The van der Waals surface area contributed by atoms with E-state index in [2.05, 4.69) is 101 Å². The zero-order chi connectivity index (χ0) is 65.9. The quantitative estimate of drug-likeness (QED) is 0.0764. The molecule has 6 nitrogen and oxygen atoms in total. The van der Waals surface area contributed by atoms with Gasteiger partial charge in [0.25, 0.3) is 0 Å². The Bertz CT molecular complexity index is 3010. The van der Waals surface area contributed by atoms with Crippen LogP contribution in [0.5, 0.6) is 0 Å². The van der Waals surface area contributed by atoms with Crippen LogP contribution in [-0.2, 0) is 35.3 Å². The molecule has 3 N–H and O–H groups in total. The van der Waals surface area contributed by atoms with Gasteiger partial charge in [0.2, 0.25) is 11.1 Å². The van der Waals surface area contributed by atoms with Crippen LogP contribution in [0.3, 0.4) is 0 Å². The van der Waals surface area contributed by atoms with Crippen molar-refractivity contribution in [3.05, 3.63) is 287 Å². The van der Waals surface area contributed by atoms with Crippen LogP contribution in [0.25, 0.3) is 21.8 Å². The fourth-order valence-electron chi connectivity index (χ4n) is 7.31. The number of aryl methyl sites for hydroxylation is 3. The van der Waals surface area contributed by atoms with Crippen LogP contribution in [0.2, 0.25) is 5.15 Å². The standard InChI is InChI=1S/C17H15N.C16H12ClN.C15H15NO.C9H9ClO.C6H7N.8C2H6.CH4/c1-13-16(11-14-7-3-2-4-8-14)12-15-9-5-6-10-17(15)18-13;17-16-14(10-12-6-2-1-3-7-12)11-13-8-4-5-9-15(13)18-16;17-15(16-14-9-5-2-6-10-14)12-11-13-7-3-1-4-8-13;10-9(11)7-6-8-4-2-1-3-5-8;7-6-4-2-1-3-5-6;8*1-2;/h2-10,12H,11H2,1H3;1-9,11H,10H2;1-10H,11-12H2,(H,16,17);1-5H,6-7H2;1-5H,7H2;8*1-2H3;1H4. The van der Waals surface area contributed by atoms with Crippen LogP contribution in [0.1, 0.15) is 170 Å². The van der Waals surface area contributed by atoms with Gasteiger partial charge in [0, 0.05) is 47.1 Å². The molecule has 0 aliphatic heterocycles. The minimum absolute atomic E-state index is 0. The molecule has 0 spiro atoms. The third-order valence-corrected chi connectivity index (χ3v) is 11.6. The SMILES string of the molecule is C.CC.CC.CC.CC.CC.CC.CC.CC.Cc1nc2ccccc2cc1Cc1ccccc1.Clc1nc2ccccc2cc1Cc1ccccc1.Nc1ccccc1.O=C(CCc1ccccc1)Nc1ccccc1.O=C(Cl)CCc1ccccc1. The minimum atomic E-state index is -0.270. The zero-order valence-corrected chi connectivity index (χ0v) is 57.4. The second-order valence-electron chi connectivity index (χ2n) is 16.5. The summed E-state index contributed by atoms with van der Waals surface area (Å²) in [5.41, 5.74) is 17.5. The highest BCUT2D eigenvalue weighted by Gasteiger charge is 2.07. The van der Waals surface area contributed by atoms with Crippen LogP contribution >= 0.6 is 23.2 Å². The number of amides is 1. The smallest absolute Gasteiger partial charge is 0.224 e. The average molecular weight is 1230 g/mol. The highest BCUT2D eigenvalue weighted by atomic mass is 35.5. The topological polar surface area (TPSA) is 98.0 Å². The monoisotopic (exact) mass is 1230 g/mol. The van der Waals surface area contributed by atoms with Crippen molar-refractivity contribution in [3.63, 3.8) is 0 Å². The molecule has 0 radical (unpaired) electrons. The maximum Gasteiger partial charge on any atom is 0.224 e. The van der Waals surface area contributed by atoms with Gasteiger partial charge in [-0.2, -0.15) is 0 Å². The lowest BCUT2D eigenvalue weighted by Gasteiger charge is -2.07. The van der Waals surface area contributed by atoms with Crippen LogP contribution < -0.4 is 11.1 Å². The van der Waals surface area contributed by atoms with E-state index in [-0.39, 0.29) is 18.6 Å². The fraction of sp³-hybridized carbons (Fsp3) is 0.300. The molecule has 0 aliphatic rings. The number of rotatable bonds is 11. The van der Waals surface area contributed by atoms with E-state index in [0.29, 0.717) is 18.0 Å². The first kappa shape index (κ1) is 86.5. The highest BCUT2D eigenvalue weighted by molar-refractivity contribution is 6.63. The Kier molecular flexibility index (Phi) is 59.8. The normalized spacial score (nSPS) is 8.72. The zero-order valence-electron chi connectivity index (χ0n) is 55.9. The van der Waals surface area contributed by atoms with E-state index in [1.165, 1.54) is 27.6 Å². The first-order valence-electron chi connectivity index (χ1n) is 31.6. The third-order valence-electron chi connectivity index (χ3n) is 11.0. The molecule has 0 atom stereocenters. The number of anilines is 2. The number of halogens is 2. The summed E-state index contributed by atoms with van der Waals surface area (Å²) >= 11 is 11.4. The van der Waals surface area contributed by atoms with Crippen LogP contribution in [0.15, 0.2) is 243 Å². The third kappa shape index (κ3) is 39.7. The molecule has 10 rings (SSSR count). The second kappa shape index (κ2) is 60.8. The number of aromatic nitrogens is 2. The number of pyridine rings is 2. The number of hydrogen-bond acceptors (Lipinski definition) is 5. The summed E-state index contributed by atoms with van der Waals surface area (Å²) in [6, 6.07) is 80.4. The van der Waals surface area contributed by atoms with Gasteiger partial charge in [0.1, 0.15) is 5.15 Å². The Labute approximate surface area is 545 Å². The van der Waals surface area contributed by atoms with Crippen LogP contribution in [-0.4, -0.2) is 21.1 Å². The molecule has 8 heteroatoms. The van der Waals surface area contributed by atoms with Crippen molar-refractivity contribution in [2.75, 3.05) is 11.1 Å². The molecular formula is C80H110Cl2N4O2. The van der Waals surface area contributed by atoms with E-state index >= 15 is 0 Å². The number of carbonyl (C=O) groups excluding carboxylic acids is 2. The van der Waals surface area contributed by atoms with Crippen molar-refractivity contribution >= 4 is 67.5 Å². The van der Waals surface area contributed by atoms with E-state index in [9.17, 15) is 9.59 Å². The predicted molar refractivity (Wildman–Crippen MR) is 396 cm³/mol. The number of benzene rings is 8. The molecule has 0 saturated heterocycles. The van der Waals surface area contributed by atoms with Gasteiger partial charge < -0.3 is 11.1 Å². The van der Waals surface area contributed by atoms with Gasteiger partial charge in [0.15, 0.2) is 0 Å². The molecule has 0 bridgehead atoms. The number of carbonyl (C=O) groups is 2. The van der Waals surface area contributed by atoms with Gasteiger partial charge >= 0.3 is 0 Å². The second-order valence-corrected chi connectivity index (χ2v) is 17.3. The van der Waals surface area contributed by atoms with E-state index < -0.39 is 0 Å². The van der Waals surface area contributed by atoms with Gasteiger partial charge in [0.05, 0.1) is 11.0 Å². The van der Waals surface area contributed by atoms with Gasteiger partial charge in [-0.1, -0.05) is 324 Å². The number of fused-ring (bicyclic) bond motifs is 2. The first-order valence-corrected chi connectivity index (χ1v) is 32.3. The molecule has 8 aromatic carbocycles. The van der Waals surface area contributed by atoms with E-state index in [1.54, 1.807) is 0 Å². The lowest BCUT2D eigenvalue weighted by molar-refractivity contribution is -0.116. The van der Waals surface area contributed by atoms with Crippen LogP contribution in [0, 0.1) is 6.92 Å². The molecule has 2 heterocycles. The Balaban J connectivity index is -0.000000482. The number of nitrogens with one attached hydrogen (secondary N) is 1. The predicted octanol–water partition coefficient (Wildman–Crippen LogP) is 24.4. The molecule has 88 heavy (non-hydrogen) atoms. The molecule has 0 unspecified atom stereocenters. The maximum atomic E-state index is 11.7. The fourth-order valence-corrected chi connectivity index (χ4v) is 7.62. The molecule has 2 aromatic heterocycles. The van der Waals surface area contributed by atoms with Gasteiger partial charge in [-0.15, -0.1) is 0 Å². The molecule has 10 aromatic rings. The largest absolute Gasteiger partial charge is 0.399 e. The maximum absolute atomic E-state index is 11.7. The Morgan fingerprint density at radius 2 is 0.705 bits per heavy atom. The molecule has 0 fully saturated rings. The van der Waals surface area contributed by atoms with Gasteiger partial charge in [-0.05, 0) is 120 Å². The number of nitrogen functional groups attached to an aromatic ring is 1. The van der Waals surface area contributed by atoms with Crippen molar-refractivity contribution in [3.8, 4) is 0 Å². The molecule has 0 aliphatic carbocycles. The number of nitrogens with two attached hydrogens (primary N) is 1. The summed E-state index contributed by atoms with van der Waals surface area (Å²) in [7, 11) is 0. The number of hydrogen-bond donors (Lipinski definition) is 2. The molecular weight excluding hydrogens is 1120 g/mol. The Morgan fingerprint density at radius 1 is 0.398 bits per heavy atom. The summed E-state index contributed by atoms with van der Waals surface area (Å²) in [4.78, 5) is 31.2. The summed E-state index contributed by atoms with van der Waals surface area (Å²) < 4.78 is 0. The average Bonchev–Trinajstić information content (AvgIpc) is 2.97. The van der Waals surface area contributed by atoms with Gasteiger partial charge in [-0.3, -0.25) is 14.6 Å². The summed E-state index contributed by atoms with van der Waals surface area (Å²) in [5.74, 6) is 0.0556. The van der Waals surface area contributed by atoms with Crippen molar-refractivity contribution in [1.29, 1.82) is 0 Å². The molecule has 1 amide bonds. The van der Waals surface area contributed by atoms with E-state index in [1.807, 2.05) is 275 Å². The number of nitrogens with zero attached hydrogens (tertiary/aromatic N) is 2. The van der Waals surface area contributed by atoms with Crippen molar-refractivity contribution < 1.29 is 9.59 Å².